The molecule has 2 rings (SSSR count). The third-order valence-corrected chi connectivity index (χ3v) is 2.15. The second kappa shape index (κ2) is 5.01. The molecule has 90 valence electrons. The van der Waals surface area contributed by atoms with Crippen molar-refractivity contribution in [2.45, 2.75) is 13.5 Å². The van der Waals surface area contributed by atoms with Crippen LogP contribution in [-0.2, 0) is 6.54 Å². The average Bonchev–Trinajstić information content (AvgIpc) is 2.75. The quantitative estimate of drug-likeness (QED) is 0.887. The van der Waals surface area contributed by atoms with Crippen molar-refractivity contribution in [3.8, 4) is 11.5 Å². The minimum atomic E-state index is -0.719. The van der Waals surface area contributed by atoms with Gasteiger partial charge in [0.15, 0.2) is 0 Å². The van der Waals surface area contributed by atoms with Gasteiger partial charge < -0.3 is 9.73 Å². The Kier molecular flexibility index (Phi) is 3.43. The fourth-order valence-corrected chi connectivity index (χ4v) is 1.33. The predicted molar refractivity (Wildman–Crippen MR) is 57.0 cm³/mol. The summed E-state index contributed by atoms with van der Waals surface area (Å²) in [5.74, 6) is -0.941. The Morgan fingerprint density at radius 3 is 2.82 bits per heavy atom. The summed E-state index contributed by atoms with van der Waals surface area (Å²) in [5, 5.41) is 10.5. The van der Waals surface area contributed by atoms with E-state index in [1.165, 1.54) is 6.07 Å². The molecule has 0 aliphatic rings. The second-order valence-corrected chi connectivity index (χ2v) is 3.41. The van der Waals surface area contributed by atoms with Crippen LogP contribution >= 0.6 is 0 Å². The van der Waals surface area contributed by atoms with E-state index in [2.05, 4.69) is 15.5 Å². The highest BCUT2D eigenvalue weighted by Crippen LogP contribution is 2.21. The standard InChI is InChI=1S/C11H11F2N3O/c1-2-14-6-10-15-16-11(17-10)8-4-3-7(12)5-9(8)13/h3-5,14H,2,6H2,1H3. The van der Waals surface area contributed by atoms with Crippen LogP contribution in [0.5, 0.6) is 0 Å². The van der Waals surface area contributed by atoms with Gasteiger partial charge in [-0.1, -0.05) is 6.92 Å². The minimum absolute atomic E-state index is 0.0513. The van der Waals surface area contributed by atoms with Gasteiger partial charge in [0.1, 0.15) is 11.6 Å². The Bertz CT molecular complexity index is 513. The molecule has 0 aliphatic heterocycles. The van der Waals surface area contributed by atoms with E-state index >= 15 is 0 Å². The van der Waals surface area contributed by atoms with Crippen LogP contribution in [0.3, 0.4) is 0 Å². The molecule has 0 spiro atoms. The molecule has 0 aliphatic carbocycles. The third kappa shape index (κ3) is 2.65. The summed E-state index contributed by atoms with van der Waals surface area (Å²) in [7, 11) is 0. The van der Waals surface area contributed by atoms with Crippen LogP contribution in [0.4, 0.5) is 8.78 Å². The van der Waals surface area contributed by atoms with Crippen LogP contribution in [0.2, 0.25) is 0 Å². The molecule has 1 heterocycles. The van der Waals surface area contributed by atoms with Gasteiger partial charge in [0.2, 0.25) is 5.89 Å². The van der Waals surface area contributed by atoms with Gasteiger partial charge in [-0.05, 0) is 18.7 Å². The number of nitrogens with zero attached hydrogens (tertiary/aromatic N) is 2. The number of nitrogens with one attached hydrogen (secondary N) is 1. The molecule has 2 aromatic rings. The molecule has 0 radical (unpaired) electrons. The molecule has 0 unspecified atom stereocenters. The van der Waals surface area contributed by atoms with Gasteiger partial charge in [0.25, 0.3) is 5.89 Å². The SMILES string of the molecule is CCNCc1nnc(-c2ccc(F)cc2F)o1. The van der Waals surface area contributed by atoms with E-state index in [0.717, 1.165) is 18.7 Å². The number of hydrogen-bond donors (Lipinski definition) is 1. The van der Waals surface area contributed by atoms with Crippen LogP contribution in [0.1, 0.15) is 12.8 Å². The van der Waals surface area contributed by atoms with Crippen LogP contribution < -0.4 is 5.32 Å². The van der Waals surface area contributed by atoms with Crippen molar-refractivity contribution >= 4 is 0 Å². The van der Waals surface area contributed by atoms with E-state index in [4.69, 9.17) is 4.42 Å². The topological polar surface area (TPSA) is 51.0 Å². The summed E-state index contributed by atoms with van der Waals surface area (Å²) in [6, 6.07) is 3.20. The van der Waals surface area contributed by atoms with Crippen molar-refractivity contribution < 1.29 is 13.2 Å². The molecule has 1 aromatic carbocycles. The normalized spacial score (nSPS) is 10.8. The first-order valence-electron chi connectivity index (χ1n) is 5.19. The molecule has 0 atom stereocenters. The molecular weight excluding hydrogens is 228 g/mol. The lowest BCUT2D eigenvalue weighted by atomic mass is 10.2. The first-order valence-corrected chi connectivity index (χ1v) is 5.19. The summed E-state index contributed by atoms with van der Waals surface area (Å²) in [4.78, 5) is 0. The molecule has 0 amide bonds. The summed E-state index contributed by atoms with van der Waals surface area (Å²) in [5.41, 5.74) is 0.0987. The number of hydrogen-bond acceptors (Lipinski definition) is 4. The first kappa shape index (κ1) is 11.7. The Balaban J connectivity index is 2.24. The number of halogens is 2. The molecule has 1 aromatic heterocycles. The molecule has 1 N–H and O–H groups in total. The van der Waals surface area contributed by atoms with Crippen LogP contribution in [-0.4, -0.2) is 16.7 Å². The molecule has 0 fully saturated rings. The zero-order chi connectivity index (χ0) is 12.3. The lowest BCUT2D eigenvalue weighted by Crippen LogP contribution is -2.11. The molecular formula is C11H11F2N3O. The van der Waals surface area contributed by atoms with Crippen molar-refractivity contribution in [2.75, 3.05) is 6.54 Å². The fourth-order valence-electron chi connectivity index (χ4n) is 1.33. The molecule has 0 saturated carbocycles. The molecule has 4 nitrogen and oxygen atoms in total. The third-order valence-electron chi connectivity index (χ3n) is 2.15. The molecule has 0 bridgehead atoms. The van der Waals surface area contributed by atoms with Gasteiger partial charge in [-0.15, -0.1) is 10.2 Å². The molecule has 17 heavy (non-hydrogen) atoms. The van der Waals surface area contributed by atoms with E-state index < -0.39 is 11.6 Å². The van der Waals surface area contributed by atoms with Gasteiger partial charge in [-0.3, -0.25) is 0 Å². The highest BCUT2D eigenvalue weighted by atomic mass is 19.1. The minimum Gasteiger partial charge on any atom is -0.419 e. The van der Waals surface area contributed by atoms with Gasteiger partial charge in [0.05, 0.1) is 12.1 Å². The average molecular weight is 239 g/mol. The summed E-state index contributed by atoms with van der Waals surface area (Å²) >= 11 is 0. The number of rotatable bonds is 4. The van der Waals surface area contributed by atoms with Crippen molar-refractivity contribution in [1.29, 1.82) is 0 Å². The van der Waals surface area contributed by atoms with Crippen molar-refractivity contribution in [2.24, 2.45) is 0 Å². The Morgan fingerprint density at radius 2 is 2.12 bits per heavy atom. The first-order chi connectivity index (χ1) is 8.20. The number of benzene rings is 1. The van der Waals surface area contributed by atoms with Crippen molar-refractivity contribution in [3.63, 3.8) is 0 Å². The summed E-state index contributed by atoms with van der Waals surface area (Å²) in [6.07, 6.45) is 0. The van der Waals surface area contributed by atoms with E-state index in [-0.39, 0.29) is 11.5 Å². The Hall–Kier alpha value is -1.82. The zero-order valence-corrected chi connectivity index (χ0v) is 9.20. The smallest absolute Gasteiger partial charge is 0.250 e. The van der Waals surface area contributed by atoms with E-state index in [1.54, 1.807) is 0 Å². The van der Waals surface area contributed by atoms with Gasteiger partial charge in [0, 0.05) is 6.07 Å². The molecule has 0 saturated heterocycles. The van der Waals surface area contributed by atoms with E-state index in [9.17, 15) is 8.78 Å². The van der Waals surface area contributed by atoms with Gasteiger partial charge in [-0.25, -0.2) is 8.78 Å². The summed E-state index contributed by atoms with van der Waals surface area (Å²) < 4.78 is 31.4. The highest BCUT2D eigenvalue weighted by molar-refractivity contribution is 5.53. The lowest BCUT2D eigenvalue weighted by Gasteiger charge is -1.97. The maximum Gasteiger partial charge on any atom is 0.250 e. The zero-order valence-electron chi connectivity index (χ0n) is 9.20. The predicted octanol–water partition coefficient (Wildman–Crippen LogP) is 2.12. The maximum absolute atomic E-state index is 13.4. The fraction of sp³-hybridized carbons (Fsp3) is 0.273. The molecule has 6 heteroatoms. The van der Waals surface area contributed by atoms with Crippen molar-refractivity contribution in [1.82, 2.24) is 15.5 Å². The summed E-state index contributed by atoms with van der Waals surface area (Å²) in [6.45, 7) is 3.13. The maximum atomic E-state index is 13.4. The van der Waals surface area contributed by atoms with Crippen LogP contribution in [0.15, 0.2) is 22.6 Å². The van der Waals surface area contributed by atoms with Crippen LogP contribution in [0.25, 0.3) is 11.5 Å². The van der Waals surface area contributed by atoms with E-state index in [0.29, 0.717) is 12.4 Å². The van der Waals surface area contributed by atoms with Crippen LogP contribution in [0, 0.1) is 11.6 Å². The van der Waals surface area contributed by atoms with Gasteiger partial charge >= 0.3 is 0 Å². The van der Waals surface area contributed by atoms with E-state index in [1.807, 2.05) is 6.92 Å². The van der Waals surface area contributed by atoms with Gasteiger partial charge in [-0.2, -0.15) is 0 Å². The monoisotopic (exact) mass is 239 g/mol. The second-order valence-electron chi connectivity index (χ2n) is 3.41. The largest absolute Gasteiger partial charge is 0.419 e. The highest BCUT2D eigenvalue weighted by Gasteiger charge is 2.13. The number of aromatic nitrogens is 2. The Morgan fingerprint density at radius 1 is 1.29 bits per heavy atom. The lowest BCUT2D eigenvalue weighted by molar-refractivity contribution is 0.478. The van der Waals surface area contributed by atoms with Crippen molar-refractivity contribution in [3.05, 3.63) is 35.7 Å². The Labute approximate surface area is 96.7 Å².